The van der Waals surface area contributed by atoms with E-state index in [-0.39, 0.29) is 0 Å². The second-order valence-corrected chi connectivity index (χ2v) is 9.75. The molecule has 1 N–H and O–H groups in total. The average molecular weight is 402 g/mol. The second kappa shape index (κ2) is 7.58. The average Bonchev–Trinajstić information content (AvgIpc) is 3.36. The number of hydrogen-bond acceptors (Lipinski definition) is 5. The quantitative estimate of drug-likeness (QED) is 0.670. The van der Waals surface area contributed by atoms with Crippen molar-refractivity contribution in [1.29, 1.82) is 0 Å². The monoisotopic (exact) mass is 401 g/mol. The number of rotatable bonds is 6. The summed E-state index contributed by atoms with van der Waals surface area (Å²) in [6.45, 7) is 4.02. The lowest BCUT2D eigenvalue weighted by Crippen LogP contribution is -2.27. The van der Waals surface area contributed by atoms with Gasteiger partial charge in [-0.2, -0.15) is 4.31 Å². The third kappa shape index (κ3) is 3.85. The number of thiazole rings is 1. The molecule has 27 heavy (non-hydrogen) atoms. The van der Waals surface area contributed by atoms with E-state index in [0.29, 0.717) is 24.5 Å². The molecule has 0 radical (unpaired) electrons. The molecule has 1 fully saturated rings. The van der Waals surface area contributed by atoms with Crippen LogP contribution in [-0.4, -0.2) is 30.8 Å². The summed E-state index contributed by atoms with van der Waals surface area (Å²) in [7, 11) is -3.34. The number of anilines is 1. The van der Waals surface area contributed by atoms with Crippen LogP contribution in [0.1, 0.15) is 30.9 Å². The normalized spacial score (nSPS) is 15.4. The topological polar surface area (TPSA) is 62.3 Å². The van der Waals surface area contributed by atoms with Crippen molar-refractivity contribution in [3.8, 4) is 0 Å². The summed E-state index contributed by atoms with van der Waals surface area (Å²) >= 11 is 1.65. The van der Waals surface area contributed by atoms with Gasteiger partial charge in [0, 0.05) is 19.6 Å². The van der Waals surface area contributed by atoms with Gasteiger partial charge in [0.1, 0.15) is 0 Å². The third-order valence-electron chi connectivity index (χ3n) is 4.93. The molecule has 0 aliphatic carbocycles. The van der Waals surface area contributed by atoms with E-state index >= 15 is 0 Å². The Balaban J connectivity index is 1.44. The van der Waals surface area contributed by atoms with Gasteiger partial charge in [0.2, 0.25) is 10.0 Å². The van der Waals surface area contributed by atoms with Crippen LogP contribution in [0, 0.1) is 0 Å². The third-order valence-corrected chi connectivity index (χ3v) is 7.82. The van der Waals surface area contributed by atoms with Gasteiger partial charge in [-0.15, -0.1) is 0 Å². The van der Waals surface area contributed by atoms with Gasteiger partial charge in [-0.25, -0.2) is 13.4 Å². The van der Waals surface area contributed by atoms with Gasteiger partial charge in [-0.3, -0.25) is 0 Å². The van der Waals surface area contributed by atoms with Crippen LogP contribution in [0.4, 0.5) is 5.13 Å². The van der Waals surface area contributed by atoms with Gasteiger partial charge in [0.25, 0.3) is 0 Å². The lowest BCUT2D eigenvalue weighted by molar-refractivity contribution is 0.477. The Morgan fingerprint density at radius 3 is 2.48 bits per heavy atom. The molecule has 5 nitrogen and oxygen atoms in total. The standard InChI is InChI=1S/C20H23N3O2S2/c1-2-15-7-10-18-19(13-15)26-20(22-18)21-14-16-5-8-17(9-6-16)27(24,25)23-11-3-4-12-23/h5-10,13H,2-4,11-12,14H2,1H3,(H,21,22). The van der Waals surface area contributed by atoms with Crippen molar-refractivity contribution in [3.63, 3.8) is 0 Å². The largest absolute Gasteiger partial charge is 0.357 e. The molecule has 3 aromatic rings. The van der Waals surface area contributed by atoms with E-state index < -0.39 is 10.0 Å². The van der Waals surface area contributed by atoms with E-state index in [4.69, 9.17) is 0 Å². The summed E-state index contributed by atoms with van der Waals surface area (Å²) in [6.07, 6.45) is 2.91. The van der Waals surface area contributed by atoms with E-state index in [2.05, 4.69) is 35.4 Å². The highest BCUT2D eigenvalue weighted by Gasteiger charge is 2.26. The van der Waals surface area contributed by atoms with E-state index in [9.17, 15) is 8.42 Å². The van der Waals surface area contributed by atoms with Crippen molar-refractivity contribution in [2.45, 2.75) is 37.6 Å². The van der Waals surface area contributed by atoms with Crippen molar-refractivity contribution in [1.82, 2.24) is 9.29 Å². The summed E-state index contributed by atoms with van der Waals surface area (Å²) in [4.78, 5) is 4.99. The highest BCUT2D eigenvalue weighted by atomic mass is 32.2. The fourth-order valence-corrected chi connectivity index (χ4v) is 5.74. The van der Waals surface area contributed by atoms with Crippen molar-refractivity contribution < 1.29 is 8.42 Å². The van der Waals surface area contributed by atoms with Crippen LogP contribution in [0.2, 0.25) is 0 Å². The minimum atomic E-state index is -3.34. The van der Waals surface area contributed by atoms with Gasteiger partial charge in [0.15, 0.2) is 5.13 Å². The molecule has 0 spiro atoms. The Morgan fingerprint density at radius 2 is 1.78 bits per heavy atom. The molecule has 2 aromatic carbocycles. The van der Waals surface area contributed by atoms with Crippen LogP contribution >= 0.6 is 11.3 Å². The predicted octanol–water partition coefficient (Wildman–Crippen LogP) is 4.26. The number of hydrogen-bond donors (Lipinski definition) is 1. The number of nitrogens with zero attached hydrogens (tertiary/aromatic N) is 2. The fourth-order valence-electron chi connectivity index (χ4n) is 3.30. The molecule has 1 aromatic heterocycles. The maximum absolute atomic E-state index is 12.6. The summed E-state index contributed by atoms with van der Waals surface area (Å²) in [5, 5.41) is 4.23. The predicted molar refractivity (Wildman–Crippen MR) is 111 cm³/mol. The van der Waals surface area contributed by atoms with Gasteiger partial charge in [-0.1, -0.05) is 36.5 Å². The number of benzene rings is 2. The second-order valence-electron chi connectivity index (χ2n) is 6.78. The number of aromatic nitrogens is 1. The summed E-state index contributed by atoms with van der Waals surface area (Å²) in [5.74, 6) is 0. The van der Waals surface area contributed by atoms with Crippen LogP contribution in [-0.2, 0) is 23.0 Å². The van der Waals surface area contributed by atoms with Gasteiger partial charge in [-0.05, 0) is 54.7 Å². The van der Waals surface area contributed by atoms with Crippen LogP contribution in [0.3, 0.4) is 0 Å². The molecule has 0 atom stereocenters. The zero-order valence-corrected chi connectivity index (χ0v) is 16.9. The number of fused-ring (bicyclic) bond motifs is 1. The molecule has 1 saturated heterocycles. The van der Waals surface area contributed by atoms with Crippen molar-refractivity contribution in [3.05, 3.63) is 53.6 Å². The first-order chi connectivity index (χ1) is 13.1. The number of aryl methyl sites for hydroxylation is 1. The minimum absolute atomic E-state index is 0.375. The summed E-state index contributed by atoms with van der Waals surface area (Å²) in [6, 6.07) is 13.5. The number of sulfonamides is 1. The van der Waals surface area contributed by atoms with Crippen molar-refractivity contribution in [2.24, 2.45) is 0 Å². The van der Waals surface area contributed by atoms with E-state index in [1.54, 1.807) is 27.8 Å². The van der Waals surface area contributed by atoms with Gasteiger partial charge < -0.3 is 5.32 Å². The Bertz CT molecular complexity index is 1040. The minimum Gasteiger partial charge on any atom is -0.357 e. The Morgan fingerprint density at radius 1 is 1.07 bits per heavy atom. The molecule has 4 rings (SSSR count). The molecule has 0 bridgehead atoms. The van der Waals surface area contributed by atoms with E-state index in [0.717, 1.165) is 35.5 Å². The smallest absolute Gasteiger partial charge is 0.243 e. The molecular formula is C20H23N3O2S2. The zero-order valence-electron chi connectivity index (χ0n) is 15.3. The fraction of sp³-hybridized carbons (Fsp3) is 0.350. The summed E-state index contributed by atoms with van der Waals surface area (Å²) in [5.41, 5.74) is 3.35. The molecule has 142 valence electrons. The molecular weight excluding hydrogens is 378 g/mol. The van der Waals surface area contributed by atoms with Crippen molar-refractivity contribution >= 4 is 36.7 Å². The molecule has 0 saturated carbocycles. The lowest BCUT2D eigenvalue weighted by Gasteiger charge is -2.15. The SMILES string of the molecule is CCc1ccc2nc(NCc3ccc(S(=O)(=O)N4CCCC4)cc3)sc2c1. The summed E-state index contributed by atoms with van der Waals surface area (Å²) < 4.78 is 27.9. The maximum Gasteiger partial charge on any atom is 0.243 e. The van der Waals surface area contributed by atoms with Crippen molar-refractivity contribution in [2.75, 3.05) is 18.4 Å². The molecule has 1 aliphatic heterocycles. The highest BCUT2D eigenvalue weighted by molar-refractivity contribution is 7.89. The Kier molecular flexibility index (Phi) is 5.16. The first-order valence-electron chi connectivity index (χ1n) is 9.29. The van der Waals surface area contributed by atoms with Crippen LogP contribution in [0.15, 0.2) is 47.4 Å². The molecule has 2 heterocycles. The van der Waals surface area contributed by atoms with Gasteiger partial charge >= 0.3 is 0 Å². The Labute approximate surface area is 164 Å². The van der Waals surface area contributed by atoms with Crippen LogP contribution in [0.5, 0.6) is 0 Å². The van der Waals surface area contributed by atoms with E-state index in [1.165, 1.54) is 10.3 Å². The molecule has 0 unspecified atom stereocenters. The molecule has 7 heteroatoms. The first kappa shape index (κ1) is 18.4. The van der Waals surface area contributed by atoms with E-state index in [1.807, 2.05) is 12.1 Å². The van der Waals surface area contributed by atoms with Crippen LogP contribution in [0.25, 0.3) is 10.2 Å². The lowest BCUT2D eigenvalue weighted by atomic mass is 10.2. The number of nitrogens with one attached hydrogen (secondary N) is 1. The van der Waals surface area contributed by atoms with Crippen LogP contribution < -0.4 is 5.32 Å². The first-order valence-corrected chi connectivity index (χ1v) is 11.5. The van der Waals surface area contributed by atoms with Gasteiger partial charge in [0.05, 0.1) is 15.1 Å². The highest BCUT2D eigenvalue weighted by Crippen LogP contribution is 2.27. The maximum atomic E-state index is 12.6. The molecule has 0 amide bonds. The zero-order chi connectivity index (χ0) is 18.9. The Hall–Kier alpha value is -1.96. The molecule has 1 aliphatic rings.